The van der Waals surface area contributed by atoms with E-state index < -0.39 is 18.1 Å². The number of β-amino-alcohol motifs (C(OH)–C–C–N with tert-alkyl or cyclic N) is 1. The number of aliphatic carboxylic acids is 1. The quantitative estimate of drug-likeness (QED) is 0.822. The van der Waals surface area contributed by atoms with Crippen LogP contribution in [-0.4, -0.2) is 57.1 Å². The number of benzene rings is 1. The Kier molecular flexibility index (Phi) is 3.65. The Morgan fingerprint density at radius 3 is 2.38 bits per heavy atom. The number of nitrogens with zero attached hydrogens (tertiary/aromatic N) is 2. The van der Waals surface area contributed by atoms with Crippen LogP contribution in [0, 0.1) is 0 Å². The first-order valence-corrected chi connectivity index (χ1v) is 7.04. The van der Waals surface area contributed by atoms with Gasteiger partial charge in [0.2, 0.25) is 5.91 Å². The van der Waals surface area contributed by atoms with Crippen molar-refractivity contribution < 1.29 is 19.8 Å². The lowest BCUT2D eigenvalue weighted by atomic mass is 10.1. The van der Waals surface area contributed by atoms with Gasteiger partial charge in [0.05, 0.1) is 12.6 Å². The standard InChI is InChI=1S/C15H18N2O4/c18-12-5-13(15(20)21)17(8-12)14(19)9-16-6-10-3-1-2-4-11(10)7-16/h1-4,12-13,18H,5-9H2,(H,20,21)/t12-,13+/m1/s1. The molecule has 1 saturated heterocycles. The molecule has 0 spiro atoms. The van der Waals surface area contributed by atoms with Crippen LogP contribution in [0.15, 0.2) is 24.3 Å². The van der Waals surface area contributed by atoms with Crippen molar-refractivity contribution >= 4 is 11.9 Å². The summed E-state index contributed by atoms with van der Waals surface area (Å²) in [6.07, 6.45) is -0.632. The van der Waals surface area contributed by atoms with E-state index in [1.54, 1.807) is 0 Å². The molecule has 3 rings (SSSR count). The van der Waals surface area contributed by atoms with E-state index in [-0.39, 0.29) is 25.4 Å². The summed E-state index contributed by atoms with van der Waals surface area (Å²) in [5, 5.41) is 18.7. The number of likely N-dealkylation sites (tertiary alicyclic amines) is 1. The lowest BCUT2D eigenvalue weighted by Gasteiger charge is -2.24. The number of carbonyl (C=O) groups is 2. The van der Waals surface area contributed by atoms with Gasteiger partial charge in [0.25, 0.3) is 0 Å². The summed E-state index contributed by atoms with van der Waals surface area (Å²) >= 11 is 0. The van der Waals surface area contributed by atoms with E-state index in [1.165, 1.54) is 16.0 Å². The average molecular weight is 290 g/mol. The number of fused-ring (bicyclic) bond motifs is 1. The number of rotatable bonds is 3. The van der Waals surface area contributed by atoms with Gasteiger partial charge in [-0.3, -0.25) is 9.69 Å². The molecule has 0 aromatic heterocycles. The van der Waals surface area contributed by atoms with Crippen LogP contribution in [0.25, 0.3) is 0 Å². The normalized spacial score (nSPS) is 25.1. The summed E-state index contributed by atoms with van der Waals surface area (Å²) in [5.41, 5.74) is 2.42. The molecule has 112 valence electrons. The Hall–Kier alpha value is -1.92. The van der Waals surface area contributed by atoms with Gasteiger partial charge in [-0.15, -0.1) is 0 Å². The van der Waals surface area contributed by atoms with Crippen molar-refractivity contribution in [3.05, 3.63) is 35.4 Å². The first-order chi connectivity index (χ1) is 10.0. The van der Waals surface area contributed by atoms with Crippen LogP contribution in [0.4, 0.5) is 0 Å². The zero-order valence-corrected chi connectivity index (χ0v) is 11.6. The van der Waals surface area contributed by atoms with Crippen molar-refractivity contribution in [1.29, 1.82) is 0 Å². The predicted octanol–water partition coefficient (Wildman–Crippen LogP) is 0.0486. The van der Waals surface area contributed by atoms with E-state index in [9.17, 15) is 14.7 Å². The number of hydrogen-bond donors (Lipinski definition) is 2. The Morgan fingerprint density at radius 2 is 1.81 bits per heavy atom. The highest BCUT2D eigenvalue weighted by molar-refractivity contribution is 5.85. The molecule has 21 heavy (non-hydrogen) atoms. The predicted molar refractivity (Wildman–Crippen MR) is 74.3 cm³/mol. The van der Waals surface area contributed by atoms with E-state index in [1.807, 2.05) is 29.2 Å². The molecule has 2 heterocycles. The summed E-state index contributed by atoms with van der Waals surface area (Å²) in [6.45, 7) is 1.70. The summed E-state index contributed by atoms with van der Waals surface area (Å²) in [4.78, 5) is 26.8. The van der Waals surface area contributed by atoms with Gasteiger partial charge in [-0.2, -0.15) is 0 Å². The van der Waals surface area contributed by atoms with Crippen molar-refractivity contribution in [2.45, 2.75) is 31.7 Å². The second-order valence-corrected chi connectivity index (χ2v) is 5.70. The van der Waals surface area contributed by atoms with E-state index >= 15 is 0 Å². The van der Waals surface area contributed by atoms with Gasteiger partial charge in [-0.25, -0.2) is 4.79 Å². The molecular formula is C15H18N2O4. The molecule has 0 radical (unpaired) electrons. The van der Waals surface area contributed by atoms with Gasteiger partial charge in [0.15, 0.2) is 0 Å². The second kappa shape index (κ2) is 5.46. The van der Waals surface area contributed by atoms with Gasteiger partial charge in [0.1, 0.15) is 6.04 Å². The minimum atomic E-state index is -1.05. The third-order valence-corrected chi connectivity index (χ3v) is 4.15. The maximum absolute atomic E-state index is 12.3. The maximum Gasteiger partial charge on any atom is 0.326 e. The first-order valence-electron chi connectivity index (χ1n) is 7.04. The molecule has 0 unspecified atom stereocenters. The lowest BCUT2D eigenvalue weighted by molar-refractivity contribution is -0.148. The molecule has 0 aliphatic carbocycles. The highest BCUT2D eigenvalue weighted by Crippen LogP contribution is 2.23. The largest absolute Gasteiger partial charge is 0.480 e. The maximum atomic E-state index is 12.3. The van der Waals surface area contributed by atoms with Crippen LogP contribution in [0.2, 0.25) is 0 Å². The zero-order chi connectivity index (χ0) is 15.0. The molecule has 1 aromatic carbocycles. The van der Waals surface area contributed by atoms with E-state index in [0.29, 0.717) is 13.1 Å². The molecule has 2 atom stereocenters. The van der Waals surface area contributed by atoms with Gasteiger partial charge in [-0.1, -0.05) is 24.3 Å². The third-order valence-electron chi connectivity index (χ3n) is 4.15. The molecule has 1 aromatic rings. The van der Waals surface area contributed by atoms with Gasteiger partial charge in [-0.05, 0) is 11.1 Å². The Bertz CT molecular complexity index is 550. The van der Waals surface area contributed by atoms with Crippen LogP contribution < -0.4 is 0 Å². The minimum Gasteiger partial charge on any atom is -0.480 e. The third kappa shape index (κ3) is 2.77. The Morgan fingerprint density at radius 1 is 1.19 bits per heavy atom. The van der Waals surface area contributed by atoms with Crippen LogP contribution >= 0.6 is 0 Å². The number of carbonyl (C=O) groups excluding carboxylic acids is 1. The van der Waals surface area contributed by atoms with Crippen molar-refractivity contribution in [2.75, 3.05) is 13.1 Å². The lowest BCUT2D eigenvalue weighted by Crippen LogP contribution is -2.44. The molecule has 2 aliphatic rings. The minimum absolute atomic E-state index is 0.108. The highest BCUT2D eigenvalue weighted by atomic mass is 16.4. The fourth-order valence-electron chi connectivity index (χ4n) is 3.12. The fourth-order valence-corrected chi connectivity index (χ4v) is 3.12. The highest BCUT2D eigenvalue weighted by Gasteiger charge is 2.39. The van der Waals surface area contributed by atoms with Crippen LogP contribution in [0.1, 0.15) is 17.5 Å². The fraction of sp³-hybridized carbons (Fsp3) is 0.467. The molecule has 6 heteroatoms. The number of aliphatic hydroxyl groups excluding tert-OH is 1. The van der Waals surface area contributed by atoms with Crippen LogP contribution in [0.5, 0.6) is 0 Å². The van der Waals surface area contributed by atoms with Crippen molar-refractivity contribution in [2.24, 2.45) is 0 Å². The molecule has 2 N–H and O–H groups in total. The SMILES string of the molecule is O=C(O)[C@@H]1C[C@@H](O)CN1C(=O)CN1Cc2ccccc2C1. The van der Waals surface area contributed by atoms with Crippen molar-refractivity contribution in [3.8, 4) is 0 Å². The number of aliphatic hydroxyl groups is 1. The molecule has 0 bridgehead atoms. The summed E-state index contributed by atoms with van der Waals surface area (Å²) in [6, 6.07) is 7.12. The van der Waals surface area contributed by atoms with Gasteiger partial charge >= 0.3 is 5.97 Å². The van der Waals surface area contributed by atoms with Crippen LogP contribution in [-0.2, 0) is 22.7 Å². The number of carboxylic acid groups (broad SMARTS) is 1. The second-order valence-electron chi connectivity index (χ2n) is 5.70. The first kappa shape index (κ1) is 14.0. The summed E-state index contributed by atoms with van der Waals surface area (Å²) < 4.78 is 0. The molecule has 1 amide bonds. The smallest absolute Gasteiger partial charge is 0.326 e. The van der Waals surface area contributed by atoms with E-state index in [2.05, 4.69) is 0 Å². The number of amides is 1. The van der Waals surface area contributed by atoms with Gasteiger partial charge in [0, 0.05) is 26.1 Å². The van der Waals surface area contributed by atoms with Crippen LogP contribution in [0.3, 0.4) is 0 Å². The number of hydrogen-bond acceptors (Lipinski definition) is 4. The van der Waals surface area contributed by atoms with Crippen molar-refractivity contribution in [1.82, 2.24) is 9.80 Å². The average Bonchev–Trinajstić information content (AvgIpc) is 3.01. The van der Waals surface area contributed by atoms with E-state index in [0.717, 1.165) is 0 Å². The van der Waals surface area contributed by atoms with Gasteiger partial charge < -0.3 is 15.1 Å². The molecule has 6 nitrogen and oxygen atoms in total. The molecule has 2 aliphatic heterocycles. The Labute approximate surface area is 122 Å². The summed E-state index contributed by atoms with van der Waals surface area (Å²) in [5.74, 6) is -1.28. The zero-order valence-electron chi connectivity index (χ0n) is 11.6. The Balaban J connectivity index is 1.64. The topological polar surface area (TPSA) is 81.1 Å². The molecule has 0 saturated carbocycles. The molecular weight excluding hydrogens is 272 g/mol. The number of carboxylic acids is 1. The summed E-state index contributed by atoms with van der Waals surface area (Å²) in [7, 11) is 0. The molecule has 1 fully saturated rings. The van der Waals surface area contributed by atoms with Crippen molar-refractivity contribution in [3.63, 3.8) is 0 Å². The monoisotopic (exact) mass is 290 g/mol. The van der Waals surface area contributed by atoms with E-state index in [4.69, 9.17) is 5.11 Å².